The molecule has 2 heterocycles. The van der Waals surface area contributed by atoms with Gasteiger partial charge in [-0.05, 0) is 58.4 Å². The molecule has 1 aromatic heterocycles. The minimum atomic E-state index is -0.332. The van der Waals surface area contributed by atoms with Crippen LogP contribution in [0, 0.1) is 0 Å². The Hall–Kier alpha value is -0.940. The zero-order valence-electron chi connectivity index (χ0n) is 13.2. The largest absolute Gasteiger partial charge is 0.367 e. The van der Waals surface area contributed by atoms with E-state index in [2.05, 4.69) is 29.3 Å². The molecule has 1 aliphatic carbocycles. The lowest BCUT2D eigenvalue weighted by Crippen LogP contribution is -2.33. The fourth-order valence-corrected chi connectivity index (χ4v) is 3.46. The molecule has 1 saturated heterocycles. The highest BCUT2D eigenvalue weighted by Gasteiger charge is 2.37. The van der Waals surface area contributed by atoms with Crippen LogP contribution < -0.4 is 5.32 Å². The Morgan fingerprint density at radius 3 is 2.76 bits per heavy atom. The maximum Gasteiger partial charge on any atom is 0.229 e. The second kappa shape index (κ2) is 6.44. The SMILES string of the molecule is CCCNC1CCC(c2nc(C3(C)CCCO3)no2)CC1. The molecular weight excluding hydrogens is 266 g/mol. The molecule has 1 unspecified atom stereocenters. The first kappa shape index (κ1) is 15.0. The summed E-state index contributed by atoms with van der Waals surface area (Å²) < 4.78 is 11.3. The second-order valence-electron chi connectivity index (χ2n) is 6.64. The Morgan fingerprint density at radius 1 is 1.29 bits per heavy atom. The Morgan fingerprint density at radius 2 is 2.10 bits per heavy atom. The highest BCUT2D eigenvalue weighted by Crippen LogP contribution is 2.36. The summed E-state index contributed by atoms with van der Waals surface area (Å²) in [6.45, 7) is 6.20. The number of ether oxygens (including phenoxy) is 1. The Balaban J connectivity index is 1.57. The highest BCUT2D eigenvalue weighted by molar-refractivity contribution is 5.04. The van der Waals surface area contributed by atoms with Crippen LogP contribution in [-0.2, 0) is 10.3 Å². The van der Waals surface area contributed by atoms with E-state index in [4.69, 9.17) is 9.26 Å². The molecule has 0 bridgehead atoms. The molecule has 2 aliphatic rings. The first-order chi connectivity index (χ1) is 10.2. The lowest BCUT2D eigenvalue weighted by Gasteiger charge is -2.27. The lowest BCUT2D eigenvalue weighted by molar-refractivity contribution is 0.00768. The predicted octanol–water partition coefficient (Wildman–Crippen LogP) is 3.12. The molecule has 0 radical (unpaired) electrons. The molecule has 0 aromatic carbocycles. The van der Waals surface area contributed by atoms with E-state index < -0.39 is 0 Å². The third kappa shape index (κ3) is 3.29. The van der Waals surface area contributed by atoms with Crippen LogP contribution in [0.5, 0.6) is 0 Å². The van der Waals surface area contributed by atoms with Gasteiger partial charge in [-0.3, -0.25) is 0 Å². The molecule has 5 heteroatoms. The van der Waals surface area contributed by atoms with E-state index >= 15 is 0 Å². The van der Waals surface area contributed by atoms with E-state index in [9.17, 15) is 0 Å². The summed E-state index contributed by atoms with van der Waals surface area (Å²) in [6.07, 6.45) is 7.95. The fourth-order valence-electron chi connectivity index (χ4n) is 3.46. The fraction of sp³-hybridized carbons (Fsp3) is 0.875. The first-order valence-corrected chi connectivity index (χ1v) is 8.42. The van der Waals surface area contributed by atoms with Crippen molar-refractivity contribution in [3.63, 3.8) is 0 Å². The number of hydrogen-bond acceptors (Lipinski definition) is 5. The Kier molecular flexibility index (Phi) is 4.60. The Labute approximate surface area is 126 Å². The van der Waals surface area contributed by atoms with Crippen molar-refractivity contribution in [3.8, 4) is 0 Å². The van der Waals surface area contributed by atoms with Gasteiger partial charge in [0.05, 0.1) is 0 Å². The molecule has 1 N–H and O–H groups in total. The average molecular weight is 293 g/mol. The second-order valence-corrected chi connectivity index (χ2v) is 6.64. The summed E-state index contributed by atoms with van der Waals surface area (Å²) >= 11 is 0. The zero-order chi connectivity index (χ0) is 14.7. The van der Waals surface area contributed by atoms with Crippen LogP contribution in [0.4, 0.5) is 0 Å². The molecule has 1 aliphatic heterocycles. The maximum atomic E-state index is 5.79. The van der Waals surface area contributed by atoms with Crippen molar-refractivity contribution < 1.29 is 9.26 Å². The standard InChI is InChI=1S/C16H27N3O2/c1-3-10-17-13-7-5-12(6-8-13)14-18-15(19-21-14)16(2)9-4-11-20-16/h12-13,17H,3-11H2,1-2H3. The lowest BCUT2D eigenvalue weighted by atomic mass is 9.86. The van der Waals surface area contributed by atoms with E-state index in [0.29, 0.717) is 12.0 Å². The molecule has 1 atom stereocenters. The van der Waals surface area contributed by atoms with Gasteiger partial charge in [0.2, 0.25) is 11.7 Å². The molecule has 2 fully saturated rings. The van der Waals surface area contributed by atoms with Gasteiger partial charge in [-0.2, -0.15) is 4.98 Å². The number of aromatic nitrogens is 2. The van der Waals surface area contributed by atoms with Crippen LogP contribution >= 0.6 is 0 Å². The predicted molar refractivity (Wildman–Crippen MR) is 80.1 cm³/mol. The summed E-state index contributed by atoms with van der Waals surface area (Å²) in [5, 5.41) is 7.80. The molecule has 0 spiro atoms. The molecule has 0 amide bonds. The van der Waals surface area contributed by atoms with Crippen molar-refractivity contribution in [2.24, 2.45) is 0 Å². The first-order valence-electron chi connectivity index (χ1n) is 8.42. The maximum absolute atomic E-state index is 5.79. The summed E-state index contributed by atoms with van der Waals surface area (Å²) in [4.78, 5) is 4.65. The zero-order valence-corrected chi connectivity index (χ0v) is 13.2. The molecule has 21 heavy (non-hydrogen) atoms. The summed E-state index contributed by atoms with van der Waals surface area (Å²) in [6, 6.07) is 0.666. The van der Waals surface area contributed by atoms with Crippen LogP contribution in [0.1, 0.15) is 76.4 Å². The molecule has 118 valence electrons. The van der Waals surface area contributed by atoms with Gasteiger partial charge in [0, 0.05) is 18.6 Å². The summed E-state index contributed by atoms with van der Waals surface area (Å²) in [7, 11) is 0. The summed E-state index contributed by atoms with van der Waals surface area (Å²) in [5.41, 5.74) is -0.332. The van der Waals surface area contributed by atoms with Gasteiger partial charge in [-0.1, -0.05) is 12.1 Å². The van der Waals surface area contributed by atoms with Gasteiger partial charge in [-0.15, -0.1) is 0 Å². The van der Waals surface area contributed by atoms with E-state index in [-0.39, 0.29) is 5.60 Å². The molecule has 3 rings (SSSR count). The third-order valence-corrected chi connectivity index (χ3v) is 4.89. The van der Waals surface area contributed by atoms with Gasteiger partial charge in [0.1, 0.15) is 5.60 Å². The monoisotopic (exact) mass is 293 g/mol. The van der Waals surface area contributed by atoms with Crippen molar-refractivity contribution in [1.29, 1.82) is 0 Å². The van der Waals surface area contributed by atoms with Crippen LogP contribution in [0.15, 0.2) is 4.52 Å². The van der Waals surface area contributed by atoms with Crippen LogP contribution in [-0.4, -0.2) is 29.3 Å². The van der Waals surface area contributed by atoms with Crippen LogP contribution in [0.25, 0.3) is 0 Å². The van der Waals surface area contributed by atoms with Crippen molar-refractivity contribution in [3.05, 3.63) is 11.7 Å². The molecule has 1 saturated carbocycles. The van der Waals surface area contributed by atoms with Crippen molar-refractivity contribution in [2.75, 3.05) is 13.2 Å². The molecule has 5 nitrogen and oxygen atoms in total. The van der Waals surface area contributed by atoms with E-state index in [1.165, 1.54) is 19.3 Å². The topological polar surface area (TPSA) is 60.2 Å². The number of nitrogens with zero attached hydrogens (tertiary/aromatic N) is 2. The van der Waals surface area contributed by atoms with Gasteiger partial charge in [-0.25, -0.2) is 0 Å². The number of nitrogens with one attached hydrogen (secondary N) is 1. The number of rotatable bonds is 5. The van der Waals surface area contributed by atoms with E-state index in [1.807, 2.05) is 0 Å². The third-order valence-electron chi connectivity index (χ3n) is 4.89. The Bertz CT molecular complexity index is 446. The highest BCUT2D eigenvalue weighted by atomic mass is 16.5. The van der Waals surface area contributed by atoms with Gasteiger partial charge < -0.3 is 14.6 Å². The van der Waals surface area contributed by atoms with Gasteiger partial charge in [0.15, 0.2) is 0 Å². The number of hydrogen-bond donors (Lipinski definition) is 1. The van der Waals surface area contributed by atoms with E-state index in [1.54, 1.807) is 0 Å². The summed E-state index contributed by atoms with van der Waals surface area (Å²) in [5.74, 6) is 1.98. The van der Waals surface area contributed by atoms with Gasteiger partial charge in [0.25, 0.3) is 0 Å². The van der Waals surface area contributed by atoms with Crippen molar-refractivity contribution in [2.45, 2.75) is 76.4 Å². The van der Waals surface area contributed by atoms with Gasteiger partial charge >= 0.3 is 0 Å². The van der Waals surface area contributed by atoms with Crippen LogP contribution in [0.2, 0.25) is 0 Å². The molecule has 1 aromatic rings. The minimum absolute atomic E-state index is 0.332. The smallest absolute Gasteiger partial charge is 0.229 e. The molecular formula is C16H27N3O2. The van der Waals surface area contributed by atoms with E-state index in [0.717, 1.165) is 50.6 Å². The van der Waals surface area contributed by atoms with Crippen molar-refractivity contribution >= 4 is 0 Å². The van der Waals surface area contributed by atoms with Crippen LogP contribution in [0.3, 0.4) is 0 Å². The quantitative estimate of drug-likeness (QED) is 0.904. The minimum Gasteiger partial charge on any atom is -0.367 e. The normalized spacial score (nSPS) is 33.4. The average Bonchev–Trinajstić information content (AvgIpc) is 3.15. The van der Waals surface area contributed by atoms with Crippen molar-refractivity contribution in [1.82, 2.24) is 15.5 Å².